The van der Waals surface area contributed by atoms with E-state index in [0.717, 1.165) is 4.85 Å². The lowest BCUT2D eigenvalue weighted by Gasteiger charge is -2.26. The van der Waals surface area contributed by atoms with Crippen molar-refractivity contribution in [1.29, 1.82) is 0 Å². The molecule has 1 aliphatic rings. The van der Waals surface area contributed by atoms with Gasteiger partial charge in [-0.1, -0.05) is 22.5 Å². The van der Waals surface area contributed by atoms with Crippen molar-refractivity contribution in [3.05, 3.63) is 47.5 Å². The first-order valence-electron chi connectivity index (χ1n) is 9.05. The van der Waals surface area contributed by atoms with Crippen LogP contribution in [0, 0.1) is 0 Å². The summed E-state index contributed by atoms with van der Waals surface area (Å²) in [6, 6.07) is 11.0. The molecule has 1 fully saturated rings. The maximum Gasteiger partial charge on any atom is 0.265 e. The van der Waals surface area contributed by atoms with Gasteiger partial charge in [0.1, 0.15) is 11.0 Å². The number of nitrogens with zero attached hydrogens (tertiary/aromatic N) is 4. The number of rotatable bonds is 6. The third-order valence-electron chi connectivity index (χ3n) is 4.42. The standard InChI is InChI=1S/C18H18ClN5O5S/c19-13-4-5-16-17(10-13)24(22-21-16)29-12-18(25)20-14-2-1-3-15(11-14)30(26,27)23-6-8-28-9-7-23/h1-5,10-11H,6-9,12H2,(H,20,25). The highest BCUT2D eigenvalue weighted by molar-refractivity contribution is 7.89. The Morgan fingerprint density at radius 2 is 2.00 bits per heavy atom. The Bertz CT molecular complexity index is 1180. The van der Waals surface area contributed by atoms with Crippen molar-refractivity contribution < 1.29 is 22.8 Å². The summed E-state index contributed by atoms with van der Waals surface area (Å²) in [5, 5.41) is 10.9. The number of anilines is 1. The van der Waals surface area contributed by atoms with Crippen molar-refractivity contribution in [1.82, 2.24) is 19.5 Å². The Morgan fingerprint density at radius 3 is 2.80 bits per heavy atom. The number of carbonyl (C=O) groups excluding carboxylic acids is 1. The molecule has 0 atom stereocenters. The third kappa shape index (κ3) is 4.38. The van der Waals surface area contributed by atoms with Crippen LogP contribution in [0.1, 0.15) is 0 Å². The van der Waals surface area contributed by atoms with Crippen LogP contribution < -0.4 is 10.2 Å². The third-order valence-corrected chi connectivity index (χ3v) is 6.55. The Kier molecular flexibility index (Phi) is 5.86. The average Bonchev–Trinajstić information content (AvgIpc) is 3.15. The van der Waals surface area contributed by atoms with Crippen molar-refractivity contribution in [3.63, 3.8) is 0 Å². The summed E-state index contributed by atoms with van der Waals surface area (Å²) in [6.45, 7) is 0.945. The molecule has 1 aromatic heterocycles. The number of carbonyl (C=O) groups is 1. The first-order valence-corrected chi connectivity index (χ1v) is 10.9. The zero-order valence-electron chi connectivity index (χ0n) is 15.7. The number of sulfonamides is 1. The molecule has 0 radical (unpaired) electrons. The zero-order valence-corrected chi connectivity index (χ0v) is 17.3. The van der Waals surface area contributed by atoms with Gasteiger partial charge in [0.15, 0.2) is 6.61 Å². The minimum absolute atomic E-state index is 0.0973. The molecule has 12 heteroatoms. The molecule has 1 aliphatic heterocycles. The van der Waals surface area contributed by atoms with Crippen LogP contribution in [-0.4, -0.2) is 66.7 Å². The summed E-state index contributed by atoms with van der Waals surface area (Å²) in [5.74, 6) is -0.485. The maximum atomic E-state index is 12.8. The first-order chi connectivity index (χ1) is 14.4. The Labute approximate surface area is 177 Å². The zero-order chi connectivity index (χ0) is 21.1. The highest BCUT2D eigenvalue weighted by Gasteiger charge is 2.26. The summed E-state index contributed by atoms with van der Waals surface area (Å²) in [6.07, 6.45) is 0. The van der Waals surface area contributed by atoms with Crippen molar-refractivity contribution in [2.45, 2.75) is 4.90 Å². The second kappa shape index (κ2) is 8.56. The molecule has 3 aromatic rings. The number of ether oxygens (including phenoxy) is 1. The van der Waals surface area contributed by atoms with Gasteiger partial charge in [0, 0.05) is 23.8 Å². The fourth-order valence-electron chi connectivity index (χ4n) is 2.95. The lowest BCUT2D eigenvalue weighted by atomic mass is 10.3. The minimum atomic E-state index is -3.66. The summed E-state index contributed by atoms with van der Waals surface area (Å²) in [4.78, 5) is 18.9. The van der Waals surface area contributed by atoms with Crippen LogP contribution in [-0.2, 0) is 19.6 Å². The summed E-state index contributed by atoms with van der Waals surface area (Å²) < 4.78 is 32.1. The van der Waals surface area contributed by atoms with Crippen molar-refractivity contribution >= 4 is 44.3 Å². The predicted octanol–water partition coefficient (Wildman–Crippen LogP) is 1.17. The fourth-order valence-corrected chi connectivity index (χ4v) is 4.57. The van der Waals surface area contributed by atoms with Crippen molar-refractivity contribution in [2.24, 2.45) is 0 Å². The molecule has 30 heavy (non-hydrogen) atoms. The molecule has 0 aliphatic carbocycles. The highest BCUT2D eigenvalue weighted by atomic mass is 35.5. The largest absolute Gasteiger partial charge is 0.385 e. The van der Waals surface area contributed by atoms with Crippen LogP contribution in [0.2, 0.25) is 5.02 Å². The van der Waals surface area contributed by atoms with Gasteiger partial charge in [0.2, 0.25) is 10.0 Å². The summed E-state index contributed by atoms with van der Waals surface area (Å²) in [7, 11) is -3.66. The van der Waals surface area contributed by atoms with Gasteiger partial charge in [-0.2, -0.15) is 4.31 Å². The Morgan fingerprint density at radius 1 is 1.20 bits per heavy atom. The number of benzene rings is 2. The van der Waals surface area contributed by atoms with Gasteiger partial charge in [0.05, 0.1) is 18.1 Å². The van der Waals surface area contributed by atoms with Crippen LogP contribution in [0.3, 0.4) is 0 Å². The van der Waals surface area contributed by atoms with Crippen molar-refractivity contribution in [2.75, 3.05) is 38.2 Å². The topological polar surface area (TPSA) is 116 Å². The van der Waals surface area contributed by atoms with E-state index in [0.29, 0.717) is 48.0 Å². The number of nitrogens with one attached hydrogen (secondary N) is 1. The second-order valence-corrected chi connectivity index (χ2v) is 8.84. The number of hydrogen-bond acceptors (Lipinski definition) is 7. The van der Waals surface area contributed by atoms with E-state index in [4.69, 9.17) is 21.2 Å². The number of morpholine rings is 1. The minimum Gasteiger partial charge on any atom is -0.385 e. The average molecular weight is 452 g/mol. The van der Waals surface area contributed by atoms with Crippen LogP contribution in [0.15, 0.2) is 47.4 Å². The monoisotopic (exact) mass is 451 g/mol. The van der Waals surface area contributed by atoms with E-state index in [1.165, 1.54) is 16.4 Å². The van der Waals surface area contributed by atoms with Gasteiger partial charge in [-0.05, 0) is 41.6 Å². The van der Waals surface area contributed by atoms with E-state index in [1.54, 1.807) is 30.3 Å². The molecular formula is C18H18ClN5O5S. The van der Waals surface area contributed by atoms with E-state index < -0.39 is 15.9 Å². The van der Waals surface area contributed by atoms with E-state index in [-0.39, 0.29) is 11.5 Å². The van der Waals surface area contributed by atoms with E-state index in [9.17, 15) is 13.2 Å². The molecule has 158 valence electrons. The van der Waals surface area contributed by atoms with Crippen LogP contribution in [0.5, 0.6) is 0 Å². The molecule has 0 bridgehead atoms. The maximum absolute atomic E-state index is 12.8. The molecule has 0 spiro atoms. The van der Waals surface area contributed by atoms with Gasteiger partial charge in [-0.25, -0.2) is 8.42 Å². The molecule has 2 heterocycles. The van der Waals surface area contributed by atoms with E-state index >= 15 is 0 Å². The van der Waals surface area contributed by atoms with Gasteiger partial charge in [0.25, 0.3) is 5.91 Å². The first kappa shape index (κ1) is 20.5. The highest BCUT2D eigenvalue weighted by Crippen LogP contribution is 2.21. The predicted molar refractivity (Wildman–Crippen MR) is 109 cm³/mol. The molecule has 4 rings (SSSR count). The molecule has 2 aromatic carbocycles. The molecule has 1 amide bonds. The SMILES string of the molecule is O=C(COn1nnc2ccc(Cl)cc21)Nc1cccc(S(=O)(=O)N2CCOCC2)c1. The molecule has 10 nitrogen and oxygen atoms in total. The van der Waals surface area contributed by atoms with Gasteiger partial charge >= 0.3 is 0 Å². The van der Waals surface area contributed by atoms with Gasteiger partial charge in [-0.3, -0.25) is 4.79 Å². The van der Waals surface area contributed by atoms with Crippen LogP contribution in [0.4, 0.5) is 5.69 Å². The molecule has 0 unspecified atom stereocenters. The van der Waals surface area contributed by atoms with Crippen LogP contribution >= 0.6 is 11.6 Å². The van der Waals surface area contributed by atoms with Crippen molar-refractivity contribution in [3.8, 4) is 0 Å². The number of amides is 1. The Hall–Kier alpha value is -2.73. The second-order valence-electron chi connectivity index (χ2n) is 6.46. The smallest absolute Gasteiger partial charge is 0.265 e. The van der Waals surface area contributed by atoms with Gasteiger partial charge < -0.3 is 14.9 Å². The summed E-state index contributed by atoms with van der Waals surface area (Å²) >= 11 is 5.96. The lowest BCUT2D eigenvalue weighted by Crippen LogP contribution is -2.40. The molecular weight excluding hydrogens is 434 g/mol. The molecule has 1 saturated heterocycles. The van der Waals surface area contributed by atoms with Crippen LogP contribution in [0.25, 0.3) is 11.0 Å². The fraction of sp³-hybridized carbons (Fsp3) is 0.278. The normalized spacial score (nSPS) is 15.2. The number of halogens is 1. The Balaban J connectivity index is 1.42. The quantitative estimate of drug-likeness (QED) is 0.598. The lowest BCUT2D eigenvalue weighted by molar-refractivity contribution is -0.121. The molecule has 1 N–H and O–H groups in total. The molecule has 0 saturated carbocycles. The number of aromatic nitrogens is 3. The summed E-state index contributed by atoms with van der Waals surface area (Å²) in [5.41, 5.74) is 1.43. The van der Waals surface area contributed by atoms with E-state index in [2.05, 4.69) is 15.6 Å². The van der Waals surface area contributed by atoms with E-state index in [1.807, 2.05) is 0 Å². The number of hydrogen-bond donors (Lipinski definition) is 1. The number of fused-ring (bicyclic) bond motifs is 1. The van der Waals surface area contributed by atoms with Gasteiger partial charge in [-0.15, -0.1) is 5.10 Å².